The topological polar surface area (TPSA) is 98.1 Å². The number of carbonyl (C=O) groups excluding carboxylic acids is 1. The zero-order valence-electron chi connectivity index (χ0n) is 20.5. The van der Waals surface area contributed by atoms with Gasteiger partial charge in [-0.05, 0) is 55.9 Å². The average molecular weight is 488 g/mol. The Labute approximate surface area is 205 Å². The molecule has 3 saturated carbocycles. The normalized spacial score (nSPS) is 24.9. The van der Waals surface area contributed by atoms with Crippen molar-refractivity contribution < 1.29 is 9.53 Å². The molecule has 8 nitrogen and oxygen atoms in total. The van der Waals surface area contributed by atoms with Crippen LogP contribution in [0, 0.1) is 23.2 Å². The Hall–Kier alpha value is -2.61. The molecule has 0 saturated heterocycles. The lowest BCUT2D eigenvalue weighted by Crippen LogP contribution is -2.58. The van der Waals surface area contributed by atoms with Gasteiger partial charge >= 0.3 is 0 Å². The number of nitrogens with zero attached hydrogens (tertiary/aromatic N) is 3. The average Bonchev–Trinajstić information content (AvgIpc) is 2.78. The van der Waals surface area contributed by atoms with E-state index in [4.69, 9.17) is 16.3 Å². The number of carbonyl (C=O) groups is 1. The molecular weight excluding hydrogens is 454 g/mol. The van der Waals surface area contributed by atoms with E-state index in [1.54, 1.807) is 24.7 Å². The van der Waals surface area contributed by atoms with E-state index in [9.17, 15) is 9.59 Å². The van der Waals surface area contributed by atoms with Crippen molar-refractivity contribution in [1.29, 1.82) is 0 Å². The minimum absolute atomic E-state index is 0.00966. The summed E-state index contributed by atoms with van der Waals surface area (Å²) in [6, 6.07) is 2.05. The predicted molar refractivity (Wildman–Crippen MR) is 132 cm³/mol. The SMILES string of the molecule is CC(C)Oc1cnccc1CNC(=O)Cn1ncc(N[C@@H]2C[C@H]3C[C@@H]([C@H]2C)C3(C)C)c(Cl)c1=O. The van der Waals surface area contributed by atoms with Crippen LogP contribution in [0.3, 0.4) is 0 Å². The highest BCUT2D eigenvalue weighted by atomic mass is 35.5. The van der Waals surface area contributed by atoms with E-state index >= 15 is 0 Å². The number of fused-ring (bicyclic) bond motifs is 2. The van der Waals surface area contributed by atoms with E-state index in [0.717, 1.165) is 16.7 Å². The Morgan fingerprint density at radius 3 is 2.76 bits per heavy atom. The van der Waals surface area contributed by atoms with Crippen LogP contribution in [-0.4, -0.2) is 32.8 Å². The number of amides is 1. The molecule has 2 heterocycles. The third-order valence-electron chi connectivity index (χ3n) is 7.68. The number of anilines is 1. The van der Waals surface area contributed by atoms with E-state index in [-0.39, 0.29) is 36.2 Å². The van der Waals surface area contributed by atoms with Gasteiger partial charge in [0.05, 0.1) is 24.2 Å². The van der Waals surface area contributed by atoms with Crippen LogP contribution in [-0.2, 0) is 17.9 Å². The van der Waals surface area contributed by atoms with Crippen LogP contribution in [0.4, 0.5) is 5.69 Å². The lowest BCUT2D eigenvalue weighted by Gasteiger charge is -2.62. The quantitative estimate of drug-likeness (QED) is 0.586. The summed E-state index contributed by atoms with van der Waals surface area (Å²) in [5.41, 5.74) is 1.24. The Kier molecular flexibility index (Phi) is 6.90. The highest BCUT2D eigenvalue weighted by Crippen LogP contribution is 2.61. The second-order valence-electron chi connectivity index (χ2n) is 10.5. The molecule has 0 aromatic carbocycles. The monoisotopic (exact) mass is 487 g/mol. The highest BCUT2D eigenvalue weighted by molar-refractivity contribution is 6.32. The fourth-order valence-corrected chi connectivity index (χ4v) is 5.72. The third kappa shape index (κ3) is 4.78. The first-order valence-corrected chi connectivity index (χ1v) is 12.3. The van der Waals surface area contributed by atoms with Gasteiger partial charge in [0.25, 0.3) is 5.56 Å². The molecule has 2 bridgehead atoms. The third-order valence-corrected chi connectivity index (χ3v) is 8.05. The Bertz CT molecular complexity index is 1120. The first-order valence-electron chi connectivity index (χ1n) is 12.0. The van der Waals surface area contributed by atoms with Gasteiger partial charge in [-0.2, -0.15) is 5.10 Å². The molecule has 2 aromatic rings. The van der Waals surface area contributed by atoms with Gasteiger partial charge in [0.15, 0.2) is 0 Å². The van der Waals surface area contributed by atoms with Crippen LogP contribution >= 0.6 is 11.6 Å². The van der Waals surface area contributed by atoms with Gasteiger partial charge in [0.1, 0.15) is 17.3 Å². The number of pyridine rings is 1. The van der Waals surface area contributed by atoms with Crippen LogP contribution < -0.4 is 20.9 Å². The van der Waals surface area contributed by atoms with E-state index in [2.05, 4.69) is 41.5 Å². The molecule has 3 fully saturated rings. The number of hydrogen-bond donors (Lipinski definition) is 2. The van der Waals surface area contributed by atoms with Crippen molar-refractivity contribution in [3.63, 3.8) is 0 Å². The molecule has 0 spiro atoms. The molecule has 2 N–H and O–H groups in total. The maximum absolute atomic E-state index is 12.8. The molecule has 2 aromatic heterocycles. The van der Waals surface area contributed by atoms with Crippen LogP contribution in [0.5, 0.6) is 5.75 Å². The molecule has 3 aliphatic rings. The second-order valence-corrected chi connectivity index (χ2v) is 10.8. The van der Waals surface area contributed by atoms with Crippen LogP contribution in [0.25, 0.3) is 0 Å². The highest BCUT2D eigenvalue weighted by Gasteiger charge is 2.56. The van der Waals surface area contributed by atoms with Gasteiger partial charge in [-0.3, -0.25) is 14.6 Å². The Morgan fingerprint density at radius 1 is 1.32 bits per heavy atom. The van der Waals surface area contributed by atoms with Crippen molar-refractivity contribution in [2.24, 2.45) is 23.2 Å². The zero-order valence-corrected chi connectivity index (χ0v) is 21.2. The molecule has 0 aliphatic heterocycles. The van der Waals surface area contributed by atoms with Gasteiger partial charge in [-0.1, -0.05) is 32.4 Å². The van der Waals surface area contributed by atoms with Gasteiger partial charge in [0, 0.05) is 24.3 Å². The first kappa shape index (κ1) is 24.5. The summed E-state index contributed by atoms with van der Waals surface area (Å²) in [6.07, 6.45) is 7.14. The summed E-state index contributed by atoms with van der Waals surface area (Å²) in [5.74, 6) is 2.12. The lowest BCUT2D eigenvalue weighted by atomic mass is 9.45. The summed E-state index contributed by atoms with van der Waals surface area (Å²) >= 11 is 6.40. The van der Waals surface area contributed by atoms with Crippen LogP contribution in [0.1, 0.15) is 53.0 Å². The van der Waals surface area contributed by atoms with Gasteiger partial charge in [0.2, 0.25) is 5.91 Å². The number of halogens is 1. The van der Waals surface area contributed by atoms with Crippen molar-refractivity contribution in [2.45, 2.75) is 72.7 Å². The van der Waals surface area contributed by atoms with E-state index in [1.807, 2.05) is 13.8 Å². The predicted octanol–water partition coefficient (Wildman–Crippen LogP) is 3.88. The van der Waals surface area contributed by atoms with Crippen LogP contribution in [0.2, 0.25) is 5.02 Å². The molecule has 3 aliphatic carbocycles. The molecule has 9 heteroatoms. The Balaban J connectivity index is 1.37. The maximum Gasteiger partial charge on any atom is 0.288 e. The number of rotatable bonds is 8. The number of ether oxygens (including phenoxy) is 1. The second kappa shape index (κ2) is 9.56. The number of nitrogens with one attached hydrogen (secondary N) is 2. The van der Waals surface area contributed by atoms with Crippen molar-refractivity contribution in [3.8, 4) is 5.75 Å². The summed E-state index contributed by atoms with van der Waals surface area (Å²) in [6.45, 7) is 10.9. The molecule has 0 unspecified atom stereocenters. The van der Waals surface area contributed by atoms with Crippen LogP contribution in [0.15, 0.2) is 29.5 Å². The minimum Gasteiger partial charge on any atom is -0.489 e. The lowest BCUT2D eigenvalue weighted by molar-refractivity contribution is -0.122. The smallest absolute Gasteiger partial charge is 0.288 e. The number of aromatic nitrogens is 3. The minimum atomic E-state index is -0.483. The molecule has 5 rings (SSSR count). The van der Waals surface area contributed by atoms with Gasteiger partial charge in [-0.25, -0.2) is 4.68 Å². The maximum atomic E-state index is 12.8. The van der Waals surface area contributed by atoms with Gasteiger partial charge in [-0.15, -0.1) is 0 Å². The van der Waals surface area contributed by atoms with E-state index in [1.165, 1.54) is 6.42 Å². The summed E-state index contributed by atoms with van der Waals surface area (Å²) in [4.78, 5) is 29.4. The largest absolute Gasteiger partial charge is 0.489 e. The summed E-state index contributed by atoms with van der Waals surface area (Å²) in [7, 11) is 0. The van der Waals surface area contributed by atoms with Crippen molar-refractivity contribution in [2.75, 3.05) is 5.32 Å². The first-order chi connectivity index (χ1) is 16.1. The van der Waals surface area contributed by atoms with Crippen molar-refractivity contribution in [3.05, 3.63) is 45.6 Å². The standard InChI is InChI=1S/C25H34ClN5O3/c1-14(2)34-21-12-27-7-6-16(21)10-28-22(32)13-31-24(33)23(26)20(11-29-31)30-19-9-17-8-18(15(19)3)25(17,4)5/h6-7,11-12,14-15,17-19,30H,8-10,13H2,1-5H3,(H,28,32)/t15-,17-,18+,19-/m1/s1. The van der Waals surface area contributed by atoms with Crippen molar-refractivity contribution in [1.82, 2.24) is 20.1 Å². The molecule has 4 atom stereocenters. The molecule has 1 amide bonds. The zero-order chi connectivity index (χ0) is 24.6. The van der Waals surface area contributed by atoms with Crippen molar-refractivity contribution >= 4 is 23.2 Å². The number of hydrogen-bond acceptors (Lipinski definition) is 6. The molecule has 0 radical (unpaired) electrons. The summed E-state index contributed by atoms with van der Waals surface area (Å²) < 4.78 is 6.82. The van der Waals surface area contributed by atoms with Gasteiger partial charge < -0.3 is 15.4 Å². The fourth-order valence-electron chi connectivity index (χ4n) is 5.52. The molecule has 184 valence electrons. The fraction of sp³-hybridized carbons (Fsp3) is 0.600. The Morgan fingerprint density at radius 2 is 2.09 bits per heavy atom. The molecular formula is C25H34ClN5O3. The summed E-state index contributed by atoms with van der Waals surface area (Å²) in [5, 5.41) is 10.5. The molecule has 34 heavy (non-hydrogen) atoms. The van der Waals surface area contributed by atoms with E-state index in [0.29, 0.717) is 34.6 Å². The van der Waals surface area contributed by atoms with E-state index < -0.39 is 5.56 Å².